The van der Waals surface area contributed by atoms with E-state index in [1.165, 1.54) is 4.90 Å². The van der Waals surface area contributed by atoms with Gasteiger partial charge in [-0.2, -0.15) is 0 Å². The summed E-state index contributed by atoms with van der Waals surface area (Å²) in [6, 6.07) is 0.361. The molecule has 0 bridgehead atoms. The van der Waals surface area contributed by atoms with Gasteiger partial charge in [0.15, 0.2) is 0 Å². The van der Waals surface area contributed by atoms with Crippen molar-refractivity contribution in [1.29, 1.82) is 0 Å². The number of hydrogen-bond acceptors (Lipinski definition) is 5. The Morgan fingerprint density at radius 1 is 1.44 bits per heavy atom. The van der Waals surface area contributed by atoms with Crippen LogP contribution in [0.15, 0.2) is 0 Å². The highest BCUT2D eigenvalue weighted by Crippen LogP contribution is 2.21. The van der Waals surface area contributed by atoms with E-state index in [1.807, 2.05) is 0 Å². The zero-order valence-electron chi connectivity index (χ0n) is 10.5. The van der Waals surface area contributed by atoms with Crippen LogP contribution in [0.1, 0.15) is 25.7 Å². The highest BCUT2D eigenvalue weighted by atomic mass is 16.6. The molecule has 2 aliphatic heterocycles. The summed E-state index contributed by atoms with van der Waals surface area (Å²) in [5.41, 5.74) is 0. The van der Waals surface area contributed by atoms with Crippen molar-refractivity contribution in [2.75, 3.05) is 32.8 Å². The van der Waals surface area contributed by atoms with Crippen LogP contribution in [0.5, 0.6) is 0 Å². The highest BCUT2D eigenvalue weighted by Gasteiger charge is 2.32. The minimum Gasteiger partial charge on any atom is -0.447 e. The number of nitrogens with zero attached hydrogens (tertiary/aromatic N) is 2. The Morgan fingerprint density at radius 2 is 2.28 bits per heavy atom. The number of carbonyl (C=O) groups is 2. The Morgan fingerprint density at radius 3 is 2.94 bits per heavy atom. The minimum absolute atomic E-state index is 0.173. The smallest absolute Gasteiger partial charge is 0.416 e. The number of rotatable bonds is 5. The van der Waals surface area contributed by atoms with Gasteiger partial charge in [-0.15, -0.1) is 0 Å². The van der Waals surface area contributed by atoms with Gasteiger partial charge in [-0.25, -0.2) is 9.69 Å². The fraction of sp³-hybridized carbons (Fsp3) is 0.833. The second kappa shape index (κ2) is 6.15. The van der Waals surface area contributed by atoms with Crippen LogP contribution >= 0.6 is 0 Å². The van der Waals surface area contributed by atoms with Crippen molar-refractivity contribution in [2.24, 2.45) is 0 Å². The Kier molecular flexibility index (Phi) is 4.54. The topological polar surface area (TPSA) is 70.1 Å². The Hall–Kier alpha value is -1.14. The monoisotopic (exact) mass is 256 g/mol. The second-order valence-electron chi connectivity index (χ2n) is 4.79. The van der Waals surface area contributed by atoms with Gasteiger partial charge in [-0.05, 0) is 32.2 Å². The molecule has 1 atom stereocenters. The number of aliphatic hydroxyl groups excluding tert-OH is 1. The van der Waals surface area contributed by atoms with Crippen LogP contribution in [0, 0.1) is 0 Å². The lowest BCUT2D eigenvalue weighted by molar-refractivity contribution is -0.129. The number of cyclic esters (lactones) is 1. The van der Waals surface area contributed by atoms with Gasteiger partial charge < -0.3 is 9.84 Å². The zero-order valence-corrected chi connectivity index (χ0v) is 10.5. The molecule has 6 heteroatoms. The van der Waals surface area contributed by atoms with Crippen LogP contribution in [0.2, 0.25) is 0 Å². The summed E-state index contributed by atoms with van der Waals surface area (Å²) in [7, 11) is 0. The predicted molar refractivity (Wildman–Crippen MR) is 64.0 cm³/mol. The number of ether oxygens (including phenoxy) is 1. The van der Waals surface area contributed by atoms with Crippen molar-refractivity contribution in [3.8, 4) is 0 Å². The molecule has 0 aromatic rings. The molecular weight excluding hydrogens is 236 g/mol. The first kappa shape index (κ1) is 13.3. The van der Waals surface area contributed by atoms with Crippen molar-refractivity contribution in [2.45, 2.75) is 31.7 Å². The largest absolute Gasteiger partial charge is 0.447 e. The first-order chi connectivity index (χ1) is 8.72. The third kappa shape index (κ3) is 3.00. The van der Waals surface area contributed by atoms with Gasteiger partial charge in [0.1, 0.15) is 6.61 Å². The fourth-order valence-corrected chi connectivity index (χ4v) is 2.64. The molecule has 1 unspecified atom stereocenters. The summed E-state index contributed by atoms with van der Waals surface area (Å²) in [6.07, 6.45) is 3.30. The average Bonchev–Trinajstić information content (AvgIpc) is 2.95. The van der Waals surface area contributed by atoms with E-state index in [4.69, 9.17) is 9.84 Å². The molecular formula is C12H20N2O4. The van der Waals surface area contributed by atoms with Crippen molar-refractivity contribution in [1.82, 2.24) is 9.80 Å². The number of carbonyl (C=O) groups excluding carboxylic acids is 2. The molecule has 0 saturated carbocycles. The number of hydrogen-bond donors (Lipinski definition) is 1. The molecule has 0 aliphatic carbocycles. The Labute approximate surface area is 106 Å². The van der Waals surface area contributed by atoms with Crippen LogP contribution in [0.25, 0.3) is 0 Å². The summed E-state index contributed by atoms with van der Waals surface area (Å²) in [5, 5.41) is 8.85. The van der Waals surface area contributed by atoms with Gasteiger partial charge >= 0.3 is 6.09 Å². The maximum Gasteiger partial charge on any atom is 0.416 e. The second-order valence-corrected chi connectivity index (χ2v) is 4.79. The van der Waals surface area contributed by atoms with Crippen LogP contribution < -0.4 is 0 Å². The Balaban J connectivity index is 1.84. The molecule has 1 N–H and O–H groups in total. The normalized spacial score (nSPS) is 24.6. The molecule has 2 saturated heterocycles. The zero-order chi connectivity index (χ0) is 13.0. The molecule has 2 rings (SSSR count). The molecule has 18 heavy (non-hydrogen) atoms. The van der Waals surface area contributed by atoms with Gasteiger partial charge in [0.2, 0.25) is 5.91 Å². The maximum atomic E-state index is 12.0. The molecule has 0 aromatic heterocycles. The third-order valence-corrected chi connectivity index (χ3v) is 3.59. The first-order valence-corrected chi connectivity index (χ1v) is 6.54. The van der Waals surface area contributed by atoms with Gasteiger partial charge in [0.05, 0.1) is 13.1 Å². The van der Waals surface area contributed by atoms with Crippen molar-refractivity contribution >= 4 is 12.0 Å². The quantitative estimate of drug-likeness (QED) is 0.761. The number of amides is 2. The molecule has 0 aromatic carbocycles. The van der Waals surface area contributed by atoms with E-state index >= 15 is 0 Å². The van der Waals surface area contributed by atoms with Gasteiger partial charge in [0.25, 0.3) is 0 Å². The van der Waals surface area contributed by atoms with Crippen molar-refractivity contribution < 1.29 is 19.4 Å². The molecule has 2 fully saturated rings. The van der Waals surface area contributed by atoms with Crippen LogP contribution in [-0.2, 0) is 9.53 Å². The number of likely N-dealkylation sites (tertiary alicyclic amines) is 1. The standard InChI is InChI=1S/C12H20N2O4/c15-7-2-4-10-3-1-5-13(10)9-11(16)14-6-8-18-12(14)17/h10,15H,1-9H2. The lowest BCUT2D eigenvalue weighted by atomic mass is 10.1. The van der Waals surface area contributed by atoms with E-state index in [0.717, 1.165) is 32.2 Å². The molecule has 6 nitrogen and oxygen atoms in total. The predicted octanol–water partition coefficient (Wildman–Crippen LogP) is 0.202. The van der Waals surface area contributed by atoms with E-state index in [9.17, 15) is 9.59 Å². The number of imide groups is 1. The van der Waals surface area contributed by atoms with E-state index in [1.54, 1.807) is 0 Å². The SMILES string of the molecule is O=C(CN1CCCC1CCCO)N1CCOC1=O. The third-order valence-electron chi connectivity index (χ3n) is 3.59. The van der Waals surface area contributed by atoms with Crippen LogP contribution in [-0.4, -0.2) is 65.8 Å². The fourth-order valence-electron chi connectivity index (χ4n) is 2.64. The van der Waals surface area contributed by atoms with E-state index in [2.05, 4.69) is 4.90 Å². The van der Waals surface area contributed by atoms with E-state index in [0.29, 0.717) is 19.2 Å². The summed E-state index contributed by atoms with van der Waals surface area (Å²) < 4.78 is 4.76. The lowest BCUT2D eigenvalue weighted by Gasteiger charge is -2.24. The van der Waals surface area contributed by atoms with Crippen LogP contribution in [0.4, 0.5) is 4.79 Å². The van der Waals surface area contributed by atoms with Gasteiger partial charge in [-0.3, -0.25) is 9.69 Å². The summed E-state index contributed by atoms with van der Waals surface area (Å²) in [5.74, 6) is -0.173. The molecule has 0 radical (unpaired) electrons. The molecule has 2 aliphatic rings. The maximum absolute atomic E-state index is 12.0. The Bertz CT molecular complexity index is 321. The van der Waals surface area contributed by atoms with Crippen molar-refractivity contribution in [3.05, 3.63) is 0 Å². The summed E-state index contributed by atoms with van der Waals surface area (Å²) >= 11 is 0. The van der Waals surface area contributed by atoms with Crippen molar-refractivity contribution in [3.63, 3.8) is 0 Å². The molecule has 0 spiro atoms. The van der Waals surface area contributed by atoms with E-state index in [-0.39, 0.29) is 19.1 Å². The first-order valence-electron chi connectivity index (χ1n) is 6.54. The van der Waals surface area contributed by atoms with Crippen LogP contribution in [0.3, 0.4) is 0 Å². The molecule has 2 amide bonds. The van der Waals surface area contributed by atoms with Gasteiger partial charge in [0, 0.05) is 12.6 Å². The molecule has 102 valence electrons. The average molecular weight is 256 g/mol. The number of aliphatic hydroxyl groups is 1. The summed E-state index contributed by atoms with van der Waals surface area (Å²) in [4.78, 5) is 26.5. The minimum atomic E-state index is -0.522. The highest BCUT2D eigenvalue weighted by molar-refractivity contribution is 5.94. The lowest BCUT2D eigenvalue weighted by Crippen LogP contribution is -2.42. The molecule has 2 heterocycles. The van der Waals surface area contributed by atoms with Gasteiger partial charge in [-0.1, -0.05) is 0 Å². The summed E-state index contributed by atoms with van der Waals surface area (Å²) in [6.45, 7) is 2.04. The van der Waals surface area contributed by atoms with E-state index < -0.39 is 6.09 Å².